The third-order valence-corrected chi connectivity index (χ3v) is 5.51. The van der Waals surface area contributed by atoms with Gasteiger partial charge in [0.05, 0.1) is 25.3 Å². The predicted molar refractivity (Wildman–Crippen MR) is 123 cm³/mol. The summed E-state index contributed by atoms with van der Waals surface area (Å²) in [7, 11) is 1.57. The van der Waals surface area contributed by atoms with Crippen LogP contribution in [0.1, 0.15) is 29.7 Å². The van der Waals surface area contributed by atoms with Crippen LogP contribution in [0.2, 0.25) is 0 Å². The van der Waals surface area contributed by atoms with Crippen LogP contribution in [-0.4, -0.2) is 40.4 Å². The Labute approximate surface area is 191 Å². The van der Waals surface area contributed by atoms with E-state index in [-0.39, 0.29) is 17.9 Å². The zero-order valence-corrected chi connectivity index (χ0v) is 18.4. The Hall–Kier alpha value is -4.13. The summed E-state index contributed by atoms with van der Waals surface area (Å²) in [5.41, 5.74) is 1.99. The standard InChI is InChI=1S/C26H24N2O5/c1-3-33-21-8-4-17(5-9-21)16-28-23(18-6-10-20(32-2)11-7-18)22(25(30)26(28)31)24(29)19-12-14-27-15-13-19/h4-15,23,29H,3,16H2,1-2H3/b24-22-. The zero-order valence-electron chi connectivity index (χ0n) is 18.4. The predicted octanol–water partition coefficient (Wildman–Crippen LogP) is 4.11. The van der Waals surface area contributed by atoms with Crippen molar-refractivity contribution >= 4 is 17.4 Å². The second-order valence-electron chi connectivity index (χ2n) is 7.51. The van der Waals surface area contributed by atoms with Crippen LogP contribution in [0.15, 0.2) is 78.6 Å². The summed E-state index contributed by atoms with van der Waals surface area (Å²) in [4.78, 5) is 31.6. The van der Waals surface area contributed by atoms with Gasteiger partial charge in [-0.2, -0.15) is 0 Å². The Morgan fingerprint density at radius 2 is 1.61 bits per heavy atom. The largest absolute Gasteiger partial charge is 0.507 e. The molecule has 1 atom stereocenters. The molecule has 1 aliphatic heterocycles. The zero-order chi connectivity index (χ0) is 23.4. The van der Waals surface area contributed by atoms with Gasteiger partial charge >= 0.3 is 0 Å². The van der Waals surface area contributed by atoms with Crippen molar-refractivity contribution in [3.05, 3.63) is 95.3 Å². The molecule has 2 aromatic carbocycles. The Morgan fingerprint density at radius 1 is 0.970 bits per heavy atom. The number of likely N-dealkylation sites (tertiary alicyclic amines) is 1. The lowest BCUT2D eigenvalue weighted by atomic mass is 9.95. The topological polar surface area (TPSA) is 89.0 Å². The summed E-state index contributed by atoms with van der Waals surface area (Å²) in [5.74, 6) is -0.244. The number of amides is 1. The maximum Gasteiger partial charge on any atom is 0.295 e. The summed E-state index contributed by atoms with van der Waals surface area (Å²) in [6, 6.07) is 16.9. The van der Waals surface area contributed by atoms with E-state index in [2.05, 4.69) is 4.98 Å². The van der Waals surface area contributed by atoms with E-state index in [0.29, 0.717) is 23.5 Å². The highest BCUT2D eigenvalue weighted by Crippen LogP contribution is 2.40. The number of pyridine rings is 1. The van der Waals surface area contributed by atoms with E-state index in [1.807, 2.05) is 31.2 Å². The lowest BCUT2D eigenvalue weighted by Crippen LogP contribution is -2.29. The molecule has 0 saturated carbocycles. The van der Waals surface area contributed by atoms with Crippen LogP contribution in [0, 0.1) is 0 Å². The minimum Gasteiger partial charge on any atom is -0.507 e. The van der Waals surface area contributed by atoms with E-state index in [1.165, 1.54) is 17.3 Å². The Kier molecular flexibility index (Phi) is 6.40. The van der Waals surface area contributed by atoms with E-state index >= 15 is 0 Å². The van der Waals surface area contributed by atoms with Gasteiger partial charge in [-0.05, 0) is 54.4 Å². The summed E-state index contributed by atoms with van der Waals surface area (Å²) in [6.07, 6.45) is 3.04. The van der Waals surface area contributed by atoms with Crippen molar-refractivity contribution in [2.45, 2.75) is 19.5 Å². The maximum atomic E-state index is 13.1. The van der Waals surface area contributed by atoms with Gasteiger partial charge in [0, 0.05) is 24.5 Å². The summed E-state index contributed by atoms with van der Waals surface area (Å²) >= 11 is 0. The van der Waals surface area contributed by atoms with Crippen LogP contribution in [0.3, 0.4) is 0 Å². The molecule has 0 radical (unpaired) electrons. The molecule has 33 heavy (non-hydrogen) atoms. The van der Waals surface area contributed by atoms with Crippen molar-refractivity contribution in [2.75, 3.05) is 13.7 Å². The van der Waals surface area contributed by atoms with Crippen LogP contribution >= 0.6 is 0 Å². The molecule has 2 heterocycles. The minimum atomic E-state index is -0.754. The second-order valence-corrected chi connectivity index (χ2v) is 7.51. The van der Waals surface area contributed by atoms with Crippen molar-refractivity contribution in [1.82, 2.24) is 9.88 Å². The van der Waals surface area contributed by atoms with Crippen molar-refractivity contribution in [2.24, 2.45) is 0 Å². The molecule has 0 aliphatic carbocycles. The smallest absolute Gasteiger partial charge is 0.295 e. The number of aromatic nitrogens is 1. The van der Waals surface area contributed by atoms with E-state index in [1.54, 1.807) is 43.5 Å². The first-order valence-electron chi connectivity index (χ1n) is 10.6. The van der Waals surface area contributed by atoms with E-state index in [9.17, 15) is 14.7 Å². The molecule has 0 spiro atoms. The third-order valence-electron chi connectivity index (χ3n) is 5.51. The van der Waals surface area contributed by atoms with Gasteiger partial charge in [0.2, 0.25) is 0 Å². The number of Topliss-reactive ketones (excluding diaryl/α,β-unsaturated/α-hetero) is 1. The third kappa shape index (κ3) is 4.43. The number of benzene rings is 2. The number of aliphatic hydroxyl groups excluding tert-OH is 1. The van der Waals surface area contributed by atoms with Gasteiger partial charge in [-0.15, -0.1) is 0 Å². The van der Waals surface area contributed by atoms with Crippen molar-refractivity contribution in [1.29, 1.82) is 0 Å². The first-order valence-corrected chi connectivity index (χ1v) is 10.6. The Balaban J connectivity index is 1.78. The highest BCUT2D eigenvalue weighted by Gasteiger charge is 2.46. The SMILES string of the molecule is CCOc1ccc(CN2C(=O)C(=O)/C(=C(\O)c3ccncc3)C2c2ccc(OC)cc2)cc1. The van der Waals surface area contributed by atoms with Gasteiger partial charge in [0.1, 0.15) is 17.3 Å². The lowest BCUT2D eigenvalue weighted by molar-refractivity contribution is -0.140. The van der Waals surface area contributed by atoms with Crippen LogP contribution in [0.4, 0.5) is 0 Å². The molecule has 1 fully saturated rings. The quantitative estimate of drug-likeness (QED) is 0.335. The van der Waals surface area contributed by atoms with E-state index in [4.69, 9.17) is 9.47 Å². The number of carbonyl (C=O) groups excluding carboxylic acids is 2. The number of carbonyl (C=O) groups is 2. The van der Waals surface area contributed by atoms with Gasteiger partial charge in [-0.25, -0.2) is 0 Å². The molecule has 7 nitrogen and oxygen atoms in total. The van der Waals surface area contributed by atoms with Crippen molar-refractivity contribution in [3.63, 3.8) is 0 Å². The fourth-order valence-corrected chi connectivity index (χ4v) is 3.90. The average molecular weight is 444 g/mol. The average Bonchev–Trinajstić information content (AvgIpc) is 3.10. The number of hydrogen-bond donors (Lipinski definition) is 1. The molecule has 1 aromatic heterocycles. The van der Waals surface area contributed by atoms with Gasteiger partial charge in [0.25, 0.3) is 11.7 Å². The molecular formula is C26H24N2O5. The molecule has 3 aromatic rings. The number of rotatable bonds is 7. The van der Waals surface area contributed by atoms with Gasteiger partial charge in [-0.3, -0.25) is 14.6 Å². The first kappa shape index (κ1) is 22.1. The normalized spacial score (nSPS) is 17.3. The van der Waals surface area contributed by atoms with Gasteiger partial charge < -0.3 is 19.5 Å². The fraction of sp³-hybridized carbons (Fsp3) is 0.192. The summed E-state index contributed by atoms with van der Waals surface area (Å²) in [5, 5.41) is 11.0. The van der Waals surface area contributed by atoms with Gasteiger partial charge in [0.15, 0.2) is 0 Å². The first-order chi connectivity index (χ1) is 16.0. The molecule has 1 unspecified atom stereocenters. The molecule has 7 heteroatoms. The number of ether oxygens (including phenoxy) is 2. The number of nitrogens with zero attached hydrogens (tertiary/aromatic N) is 2. The number of ketones is 1. The highest BCUT2D eigenvalue weighted by molar-refractivity contribution is 6.46. The lowest BCUT2D eigenvalue weighted by Gasteiger charge is -2.25. The molecule has 1 aliphatic rings. The van der Waals surface area contributed by atoms with Crippen LogP contribution in [0.25, 0.3) is 5.76 Å². The van der Waals surface area contributed by atoms with Crippen LogP contribution < -0.4 is 9.47 Å². The van der Waals surface area contributed by atoms with Crippen molar-refractivity contribution < 1.29 is 24.2 Å². The van der Waals surface area contributed by atoms with Gasteiger partial charge in [-0.1, -0.05) is 24.3 Å². The van der Waals surface area contributed by atoms with E-state index in [0.717, 1.165) is 11.3 Å². The molecule has 1 N–H and O–H groups in total. The fourth-order valence-electron chi connectivity index (χ4n) is 3.90. The molecule has 1 amide bonds. The monoisotopic (exact) mass is 444 g/mol. The molecule has 168 valence electrons. The molecule has 0 bridgehead atoms. The highest BCUT2D eigenvalue weighted by atomic mass is 16.5. The minimum absolute atomic E-state index is 0.0438. The molecule has 1 saturated heterocycles. The Bertz CT molecular complexity index is 1170. The van der Waals surface area contributed by atoms with Crippen LogP contribution in [0.5, 0.6) is 11.5 Å². The Morgan fingerprint density at radius 3 is 2.21 bits per heavy atom. The maximum absolute atomic E-state index is 13.1. The van der Waals surface area contributed by atoms with E-state index < -0.39 is 17.7 Å². The number of methoxy groups -OCH3 is 1. The summed E-state index contributed by atoms with van der Waals surface area (Å²) in [6.45, 7) is 2.66. The number of hydrogen-bond acceptors (Lipinski definition) is 6. The second kappa shape index (κ2) is 9.56. The summed E-state index contributed by atoms with van der Waals surface area (Å²) < 4.78 is 10.7. The van der Waals surface area contributed by atoms with Crippen molar-refractivity contribution in [3.8, 4) is 11.5 Å². The van der Waals surface area contributed by atoms with Crippen LogP contribution in [-0.2, 0) is 16.1 Å². The number of aliphatic hydroxyl groups is 1. The molecule has 4 rings (SSSR count). The molecular weight excluding hydrogens is 420 g/mol.